The molecule has 0 radical (unpaired) electrons. The highest BCUT2D eigenvalue weighted by Gasteiger charge is 2.18. The van der Waals surface area contributed by atoms with Gasteiger partial charge in [-0.1, -0.05) is 53.1 Å². The molecule has 0 saturated heterocycles. The number of anilines is 2. The van der Waals surface area contributed by atoms with Crippen molar-refractivity contribution in [2.24, 2.45) is 0 Å². The van der Waals surface area contributed by atoms with E-state index in [9.17, 15) is 0 Å². The Morgan fingerprint density at radius 2 is 0.970 bits per heavy atom. The van der Waals surface area contributed by atoms with Gasteiger partial charge in [0.1, 0.15) is 6.17 Å². The van der Waals surface area contributed by atoms with Gasteiger partial charge < -0.3 is 16.0 Å². The summed E-state index contributed by atoms with van der Waals surface area (Å²) >= 11 is 0. The molecule has 0 amide bonds. The molecule has 3 aromatic carbocycles. The molecular weight excluding hydrogens is 402 g/mol. The first-order chi connectivity index (χ1) is 15.6. The van der Waals surface area contributed by atoms with Crippen LogP contribution in [-0.2, 0) is 13.0 Å². The van der Waals surface area contributed by atoms with Crippen molar-refractivity contribution in [3.8, 4) is 0 Å². The largest absolute Gasteiger partial charge is 0.365 e. The van der Waals surface area contributed by atoms with Crippen molar-refractivity contribution >= 4 is 11.4 Å². The minimum absolute atomic E-state index is 0.0576. The van der Waals surface area contributed by atoms with Crippen molar-refractivity contribution in [3.05, 3.63) is 92.0 Å². The molecule has 0 spiro atoms. The third-order valence-electron chi connectivity index (χ3n) is 6.48. The molecule has 0 aliphatic heterocycles. The third kappa shape index (κ3) is 5.97. The molecular formula is C30H41N3. The van der Waals surface area contributed by atoms with Gasteiger partial charge in [-0.25, -0.2) is 0 Å². The molecule has 3 N–H and O–H groups in total. The molecule has 0 aromatic heterocycles. The van der Waals surface area contributed by atoms with E-state index in [1.807, 2.05) is 7.05 Å². The molecule has 3 rings (SSSR count). The molecule has 0 aliphatic carbocycles. The Morgan fingerprint density at radius 1 is 0.576 bits per heavy atom. The fourth-order valence-corrected chi connectivity index (χ4v) is 5.23. The third-order valence-corrected chi connectivity index (χ3v) is 6.48. The van der Waals surface area contributed by atoms with Crippen LogP contribution in [0.5, 0.6) is 0 Å². The number of nitrogens with one attached hydrogen (secondary N) is 3. The Morgan fingerprint density at radius 3 is 1.39 bits per heavy atom. The Bertz CT molecular complexity index is 1040. The number of hydrogen-bond acceptors (Lipinski definition) is 3. The standard InChI is InChI=1S/C30H41N3/c1-18-11-22(5)29(23(6)12-18)32-28(33-30-24(7)13-19(2)14-25(30)8)16-27-21(4)10-20(3)15-26(27)17-31-9/h10-15,28,31-33H,16-17H2,1-9H3. The molecule has 0 atom stereocenters. The van der Waals surface area contributed by atoms with Crippen molar-refractivity contribution in [1.82, 2.24) is 5.32 Å². The summed E-state index contributed by atoms with van der Waals surface area (Å²) in [5.41, 5.74) is 15.6. The van der Waals surface area contributed by atoms with Gasteiger partial charge in [0, 0.05) is 24.3 Å². The highest BCUT2D eigenvalue weighted by Crippen LogP contribution is 2.28. The van der Waals surface area contributed by atoms with Crippen LogP contribution in [-0.4, -0.2) is 13.2 Å². The Kier molecular flexibility index (Phi) is 7.86. The molecule has 3 nitrogen and oxygen atoms in total. The van der Waals surface area contributed by atoms with E-state index in [1.165, 1.54) is 67.0 Å². The van der Waals surface area contributed by atoms with Gasteiger partial charge in [0.15, 0.2) is 0 Å². The second-order valence-corrected chi connectivity index (χ2v) is 9.84. The van der Waals surface area contributed by atoms with Crippen molar-refractivity contribution in [2.45, 2.75) is 74.5 Å². The van der Waals surface area contributed by atoms with E-state index in [1.54, 1.807) is 0 Å². The van der Waals surface area contributed by atoms with Crippen LogP contribution in [0.2, 0.25) is 0 Å². The van der Waals surface area contributed by atoms with E-state index in [-0.39, 0.29) is 6.17 Å². The summed E-state index contributed by atoms with van der Waals surface area (Å²) in [4.78, 5) is 0. The summed E-state index contributed by atoms with van der Waals surface area (Å²) in [6.07, 6.45) is 0.949. The number of benzene rings is 3. The van der Waals surface area contributed by atoms with Crippen LogP contribution in [0, 0.1) is 55.4 Å². The molecule has 176 valence electrons. The smallest absolute Gasteiger partial charge is 0.101 e. The van der Waals surface area contributed by atoms with E-state index in [4.69, 9.17) is 0 Å². The van der Waals surface area contributed by atoms with E-state index in [0.29, 0.717) is 0 Å². The first kappa shape index (κ1) is 24.9. The zero-order valence-corrected chi connectivity index (χ0v) is 22.0. The monoisotopic (exact) mass is 443 g/mol. The van der Waals surface area contributed by atoms with Crippen LogP contribution in [0.3, 0.4) is 0 Å². The highest BCUT2D eigenvalue weighted by atomic mass is 15.1. The van der Waals surface area contributed by atoms with Crippen molar-refractivity contribution in [3.63, 3.8) is 0 Å². The predicted octanol–water partition coefficient (Wildman–Crippen LogP) is 6.97. The summed E-state index contributed by atoms with van der Waals surface area (Å²) in [6, 6.07) is 13.7. The molecule has 0 aliphatic rings. The zero-order valence-electron chi connectivity index (χ0n) is 22.0. The maximum atomic E-state index is 3.89. The van der Waals surface area contributed by atoms with Crippen LogP contribution in [0.25, 0.3) is 0 Å². The van der Waals surface area contributed by atoms with Crippen molar-refractivity contribution in [2.75, 3.05) is 17.7 Å². The predicted molar refractivity (Wildman–Crippen MR) is 145 cm³/mol. The summed E-state index contributed by atoms with van der Waals surface area (Å²) in [6.45, 7) is 18.4. The summed E-state index contributed by atoms with van der Waals surface area (Å²) in [7, 11) is 2.02. The number of rotatable bonds is 8. The lowest BCUT2D eigenvalue weighted by atomic mass is 9.94. The van der Waals surface area contributed by atoms with Crippen LogP contribution in [0.1, 0.15) is 55.6 Å². The lowest BCUT2D eigenvalue weighted by molar-refractivity contribution is 0.757. The minimum Gasteiger partial charge on any atom is -0.365 e. The summed E-state index contributed by atoms with van der Waals surface area (Å²) in [5.74, 6) is 0. The van der Waals surface area contributed by atoms with Crippen LogP contribution < -0.4 is 16.0 Å². The number of aryl methyl sites for hydroxylation is 8. The van der Waals surface area contributed by atoms with E-state index >= 15 is 0 Å². The lowest BCUT2D eigenvalue weighted by Gasteiger charge is -2.28. The van der Waals surface area contributed by atoms with Crippen molar-refractivity contribution < 1.29 is 0 Å². The topological polar surface area (TPSA) is 36.1 Å². The van der Waals surface area contributed by atoms with Gasteiger partial charge in [-0.2, -0.15) is 0 Å². The van der Waals surface area contributed by atoms with Gasteiger partial charge in [-0.3, -0.25) is 0 Å². The van der Waals surface area contributed by atoms with E-state index in [2.05, 4.69) is 108 Å². The van der Waals surface area contributed by atoms with Gasteiger partial charge in [-0.15, -0.1) is 0 Å². The molecule has 0 fully saturated rings. The SMILES string of the molecule is CNCc1cc(C)cc(C)c1CC(Nc1c(C)cc(C)cc1C)Nc1c(C)cc(C)cc1C. The van der Waals surface area contributed by atoms with Crippen LogP contribution >= 0.6 is 0 Å². The van der Waals surface area contributed by atoms with Gasteiger partial charge >= 0.3 is 0 Å². The first-order valence-corrected chi connectivity index (χ1v) is 12.0. The first-order valence-electron chi connectivity index (χ1n) is 12.0. The second kappa shape index (κ2) is 10.4. The molecule has 0 heterocycles. The fraction of sp³-hybridized carbons (Fsp3) is 0.400. The molecule has 0 unspecified atom stereocenters. The van der Waals surface area contributed by atoms with Crippen LogP contribution in [0.4, 0.5) is 11.4 Å². The van der Waals surface area contributed by atoms with Crippen LogP contribution in [0.15, 0.2) is 36.4 Å². The molecule has 33 heavy (non-hydrogen) atoms. The highest BCUT2D eigenvalue weighted by molar-refractivity contribution is 5.63. The normalized spacial score (nSPS) is 11.2. The fourth-order valence-electron chi connectivity index (χ4n) is 5.23. The average molecular weight is 444 g/mol. The maximum Gasteiger partial charge on any atom is 0.101 e. The maximum absolute atomic E-state index is 3.89. The van der Waals surface area contributed by atoms with Gasteiger partial charge in [0.05, 0.1) is 0 Å². The van der Waals surface area contributed by atoms with Crippen molar-refractivity contribution in [1.29, 1.82) is 0 Å². The Labute approximate surface area is 201 Å². The lowest BCUT2D eigenvalue weighted by Crippen LogP contribution is -2.33. The van der Waals surface area contributed by atoms with Gasteiger partial charge in [0.25, 0.3) is 0 Å². The van der Waals surface area contributed by atoms with Gasteiger partial charge in [-0.05, 0) is 101 Å². The molecule has 3 aromatic rings. The van der Waals surface area contributed by atoms with E-state index in [0.717, 1.165) is 13.0 Å². The number of hydrogen-bond donors (Lipinski definition) is 3. The zero-order chi connectivity index (χ0) is 24.3. The summed E-state index contributed by atoms with van der Waals surface area (Å²) in [5, 5.41) is 11.1. The quantitative estimate of drug-likeness (QED) is 0.329. The average Bonchev–Trinajstić information content (AvgIpc) is 2.69. The minimum atomic E-state index is 0.0576. The summed E-state index contributed by atoms with van der Waals surface area (Å²) < 4.78 is 0. The van der Waals surface area contributed by atoms with Gasteiger partial charge in [0.2, 0.25) is 0 Å². The van der Waals surface area contributed by atoms with E-state index < -0.39 is 0 Å². The second-order valence-electron chi connectivity index (χ2n) is 9.84. The Balaban J connectivity index is 2.05. The Hall–Kier alpha value is -2.78. The molecule has 3 heteroatoms. The molecule has 0 bridgehead atoms. The molecule has 0 saturated carbocycles.